The van der Waals surface area contributed by atoms with E-state index in [4.69, 9.17) is 16.0 Å². The molecule has 0 spiro atoms. The molecule has 120 valence electrons. The van der Waals surface area contributed by atoms with Gasteiger partial charge in [-0.2, -0.15) is 0 Å². The van der Waals surface area contributed by atoms with E-state index in [9.17, 15) is 0 Å². The van der Waals surface area contributed by atoms with Crippen LogP contribution in [0.2, 0.25) is 5.02 Å². The molecule has 0 aliphatic heterocycles. The summed E-state index contributed by atoms with van der Waals surface area (Å²) in [5.41, 5.74) is 3.03. The zero-order chi connectivity index (χ0) is 16.3. The number of halogens is 1. The maximum Gasteiger partial charge on any atom is 0.0947 e. The first-order valence-corrected chi connectivity index (χ1v) is 7.96. The minimum Gasteiger partial charge on any atom is -0.472 e. The molecule has 0 fully saturated rings. The van der Waals surface area contributed by atoms with Gasteiger partial charge in [-0.15, -0.1) is 0 Å². The standard InChI is InChI=1S/C18H20ClN3O/c1-18(2,22-10-13-6-8-23-11-13)12-21-16-5-7-20-17-9-14(19)3-4-15(16)17/h3-9,11,22H,10,12H2,1-2H3,(H,20,21). The molecule has 0 bridgehead atoms. The predicted molar refractivity (Wildman–Crippen MR) is 94.9 cm³/mol. The summed E-state index contributed by atoms with van der Waals surface area (Å²) in [6.45, 7) is 5.89. The molecule has 1 aromatic carbocycles. The fourth-order valence-corrected chi connectivity index (χ4v) is 2.56. The van der Waals surface area contributed by atoms with E-state index in [1.807, 2.05) is 30.3 Å². The average Bonchev–Trinajstić information content (AvgIpc) is 3.04. The van der Waals surface area contributed by atoms with Crippen LogP contribution in [-0.4, -0.2) is 17.1 Å². The van der Waals surface area contributed by atoms with Crippen LogP contribution in [0.5, 0.6) is 0 Å². The summed E-state index contributed by atoms with van der Waals surface area (Å²) in [6, 6.07) is 9.72. The zero-order valence-electron chi connectivity index (χ0n) is 13.3. The molecule has 5 heteroatoms. The number of nitrogens with zero attached hydrogens (tertiary/aromatic N) is 1. The largest absolute Gasteiger partial charge is 0.472 e. The van der Waals surface area contributed by atoms with E-state index < -0.39 is 0 Å². The first-order valence-electron chi connectivity index (χ1n) is 7.58. The molecular weight excluding hydrogens is 310 g/mol. The molecule has 0 aliphatic rings. The van der Waals surface area contributed by atoms with Gasteiger partial charge in [-0.25, -0.2) is 0 Å². The van der Waals surface area contributed by atoms with Crippen LogP contribution in [0.3, 0.4) is 0 Å². The highest BCUT2D eigenvalue weighted by Gasteiger charge is 2.17. The van der Waals surface area contributed by atoms with E-state index in [0.717, 1.165) is 35.2 Å². The number of hydrogen-bond donors (Lipinski definition) is 2. The Hall–Kier alpha value is -2.04. The number of furan rings is 1. The highest BCUT2D eigenvalue weighted by Crippen LogP contribution is 2.24. The normalized spacial score (nSPS) is 11.8. The molecular formula is C18H20ClN3O. The molecule has 2 heterocycles. The summed E-state index contributed by atoms with van der Waals surface area (Å²) in [6.07, 6.45) is 5.25. The van der Waals surface area contributed by atoms with Crippen molar-refractivity contribution in [1.82, 2.24) is 10.3 Å². The lowest BCUT2D eigenvalue weighted by atomic mass is 10.0. The Morgan fingerprint density at radius 3 is 2.87 bits per heavy atom. The summed E-state index contributed by atoms with van der Waals surface area (Å²) in [5.74, 6) is 0. The van der Waals surface area contributed by atoms with Crippen molar-refractivity contribution in [3.05, 3.63) is 59.6 Å². The summed E-state index contributed by atoms with van der Waals surface area (Å²) >= 11 is 6.03. The molecule has 0 amide bonds. The molecule has 2 N–H and O–H groups in total. The molecule has 0 atom stereocenters. The third-order valence-corrected chi connectivity index (χ3v) is 4.01. The highest BCUT2D eigenvalue weighted by atomic mass is 35.5. The average molecular weight is 330 g/mol. The van der Waals surface area contributed by atoms with E-state index in [-0.39, 0.29) is 5.54 Å². The molecule has 23 heavy (non-hydrogen) atoms. The molecule has 3 aromatic rings. The van der Waals surface area contributed by atoms with E-state index in [1.165, 1.54) is 0 Å². The zero-order valence-corrected chi connectivity index (χ0v) is 14.0. The van der Waals surface area contributed by atoms with Gasteiger partial charge in [0, 0.05) is 46.5 Å². The minimum absolute atomic E-state index is 0.0702. The van der Waals surface area contributed by atoms with Gasteiger partial charge in [0.25, 0.3) is 0 Å². The molecule has 0 aliphatic carbocycles. The quantitative estimate of drug-likeness (QED) is 0.701. The van der Waals surface area contributed by atoms with Crippen LogP contribution < -0.4 is 10.6 Å². The molecule has 2 aromatic heterocycles. The van der Waals surface area contributed by atoms with Gasteiger partial charge in [-0.05, 0) is 44.2 Å². The van der Waals surface area contributed by atoms with Gasteiger partial charge in [-0.1, -0.05) is 11.6 Å². The van der Waals surface area contributed by atoms with Crippen molar-refractivity contribution in [2.75, 3.05) is 11.9 Å². The maximum absolute atomic E-state index is 6.03. The van der Waals surface area contributed by atoms with Crippen molar-refractivity contribution >= 4 is 28.2 Å². The number of pyridine rings is 1. The third-order valence-electron chi connectivity index (χ3n) is 3.78. The van der Waals surface area contributed by atoms with Crippen LogP contribution in [0, 0.1) is 0 Å². The molecule has 0 radical (unpaired) electrons. The Morgan fingerprint density at radius 1 is 1.22 bits per heavy atom. The Balaban J connectivity index is 1.67. The van der Waals surface area contributed by atoms with Gasteiger partial charge >= 0.3 is 0 Å². The van der Waals surface area contributed by atoms with Crippen molar-refractivity contribution in [2.45, 2.75) is 25.9 Å². The van der Waals surface area contributed by atoms with Crippen LogP contribution in [0.25, 0.3) is 10.9 Å². The van der Waals surface area contributed by atoms with Crippen LogP contribution in [0.1, 0.15) is 19.4 Å². The van der Waals surface area contributed by atoms with Crippen molar-refractivity contribution in [1.29, 1.82) is 0 Å². The van der Waals surface area contributed by atoms with E-state index in [0.29, 0.717) is 5.02 Å². The van der Waals surface area contributed by atoms with E-state index >= 15 is 0 Å². The smallest absolute Gasteiger partial charge is 0.0947 e. The van der Waals surface area contributed by atoms with Gasteiger partial charge < -0.3 is 15.1 Å². The second-order valence-corrected chi connectivity index (χ2v) is 6.68. The van der Waals surface area contributed by atoms with Crippen LogP contribution >= 0.6 is 11.6 Å². The first-order chi connectivity index (χ1) is 11.0. The van der Waals surface area contributed by atoms with Crippen LogP contribution in [0.4, 0.5) is 5.69 Å². The number of aromatic nitrogens is 1. The van der Waals surface area contributed by atoms with Crippen molar-refractivity contribution in [3.8, 4) is 0 Å². The first kappa shape index (κ1) is 15.8. The minimum atomic E-state index is -0.0702. The summed E-state index contributed by atoms with van der Waals surface area (Å²) < 4.78 is 5.09. The summed E-state index contributed by atoms with van der Waals surface area (Å²) in [7, 11) is 0. The second kappa shape index (κ2) is 6.60. The highest BCUT2D eigenvalue weighted by molar-refractivity contribution is 6.31. The molecule has 3 rings (SSSR count). The number of nitrogens with one attached hydrogen (secondary N) is 2. The Bertz CT molecular complexity index is 784. The van der Waals surface area contributed by atoms with Crippen LogP contribution in [-0.2, 0) is 6.54 Å². The molecule has 0 saturated carbocycles. The number of fused-ring (bicyclic) bond motifs is 1. The predicted octanol–water partition coefficient (Wildman–Crippen LogP) is 4.46. The Labute approximate surface area is 140 Å². The number of anilines is 1. The Morgan fingerprint density at radius 2 is 2.09 bits per heavy atom. The fraction of sp³-hybridized carbons (Fsp3) is 0.278. The molecule has 0 saturated heterocycles. The summed E-state index contributed by atoms with van der Waals surface area (Å²) in [5, 5.41) is 8.81. The second-order valence-electron chi connectivity index (χ2n) is 6.24. The van der Waals surface area contributed by atoms with Crippen molar-refractivity contribution in [3.63, 3.8) is 0 Å². The van der Waals surface area contributed by atoms with Gasteiger partial charge in [-0.3, -0.25) is 4.98 Å². The number of hydrogen-bond acceptors (Lipinski definition) is 4. The van der Waals surface area contributed by atoms with E-state index in [1.54, 1.807) is 18.7 Å². The lowest BCUT2D eigenvalue weighted by molar-refractivity contribution is 0.406. The third kappa shape index (κ3) is 4.03. The summed E-state index contributed by atoms with van der Waals surface area (Å²) in [4.78, 5) is 4.37. The monoisotopic (exact) mass is 329 g/mol. The fourth-order valence-electron chi connectivity index (χ4n) is 2.39. The van der Waals surface area contributed by atoms with Crippen LogP contribution in [0.15, 0.2) is 53.5 Å². The van der Waals surface area contributed by atoms with Gasteiger partial charge in [0.05, 0.1) is 18.0 Å². The molecule has 0 unspecified atom stereocenters. The van der Waals surface area contributed by atoms with Crippen molar-refractivity contribution in [2.24, 2.45) is 0 Å². The lowest BCUT2D eigenvalue weighted by Gasteiger charge is -2.27. The van der Waals surface area contributed by atoms with Gasteiger partial charge in [0.2, 0.25) is 0 Å². The van der Waals surface area contributed by atoms with Gasteiger partial charge in [0.1, 0.15) is 0 Å². The lowest BCUT2D eigenvalue weighted by Crippen LogP contribution is -2.44. The molecule has 4 nitrogen and oxygen atoms in total. The Kier molecular flexibility index (Phi) is 4.55. The topological polar surface area (TPSA) is 50.1 Å². The number of rotatable bonds is 6. The van der Waals surface area contributed by atoms with Crippen molar-refractivity contribution < 1.29 is 4.42 Å². The maximum atomic E-state index is 6.03. The van der Waals surface area contributed by atoms with E-state index in [2.05, 4.69) is 29.5 Å². The van der Waals surface area contributed by atoms with Gasteiger partial charge in [0.15, 0.2) is 0 Å². The number of benzene rings is 1. The SMILES string of the molecule is CC(C)(CNc1ccnc2cc(Cl)ccc12)NCc1ccoc1.